The Morgan fingerprint density at radius 3 is 1.75 bits per heavy atom. The summed E-state index contributed by atoms with van der Waals surface area (Å²) in [5.74, 6) is 2.65. The van der Waals surface area contributed by atoms with Gasteiger partial charge in [-0.2, -0.15) is 0 Å². The maximum Gasteiger partial charge on any atom is 0.227 e. The van der Waals surface area contributed by atoms with Crippen LogP contribution in [-0.4, -0.2) is 18.3 Å². The molecule has 6 heteroatoms. The van der Waals surface area contributed by atoms with Crippen molar-refractivity contribution in [1.82, 2.24) is 0 Å². The van der Waals surface area contributed by atoms with Crippen molar-refractivity contribution in [2.45, 2.75) is 32.7 Å². The third-order valence-electron chi connectivity index (χ3n) is 6.63. The monoisotopic (exact) mass is 476 g/mol. The summed E-state index contributed by atoms with van der Waals surface area (Å²) in [5.41, 5.74) is 11.9. The zero-order valence-electron chi connectivity index (χ0n) is 20.4. The Balaban J connectivity index is 1.35. The van der Waals surface area contributed by atoms with Gasteiger partial charge in [0.2, 0.25) is 11.8 Å². The first-order chi connectivity index (χ1) is 17.6. The molecule has 180 valence electrons. The Labute approximate surface area is 210 Å². The molecule has 1 unspecified atom stereocenters. The number of nitrogens with zero attached hydrogens (tertiary/aromatic N) is 2. The summed E-state index contributed by atoms with van der Waals surface area (Å²) in [5, 5.41) is 5.23. The molecule has 0 fully saturated rings. The SMILES string of the molecule is CCCNc1ccc(C2=Nc3ccc4c5c(ccc(c35)O2)N=C(c2ccc(C(N)CC)cc2)O4)cc1. The van der Waals surface area contributed by atoms with Crippen molar-refractivity contribution in [3.63, 3.8) is 0 Å². The number of hydrogen-bond donors (Lipinski definition) is 2. The van der Waals surface area contributed by atoms with Crippen molar-refractivity contribution in [1.29, 1.82) is 0 Å². The van der Waals surface area contributed by atoms with Gasteiger partial charge in [0.15, 0.2) is 0 Å². The zero-order chi connectivity index (χ0) is 24.6. The van der Waals surface area contributed by atoms with Crippen LogP contribution in [-0.2, 0) is 0 Å². The van der Waals surface area contributed by atoms with Crippen LogP contribution < -0.4 is 20.5 Å². The van der Waals surface area contributed by atoms with E-state index < -0.39 is 0 Å². The smallest absolute Gasteiger partial charge is 0.227 e. The lowest BCUT2D eigenvalue weighted by molar-refractivity contribution is 0.547. The third kappa shape index (κ3) is 3.89. The van der Waals surface area contributed by atoms with Gasteiger partial charge in [-0.05, 0) is 79.1 Å². The van der Waals surface area contributed by atoms with E-state index in [0.717, 1.165) is 75.4 Å². The summed E-state index contributed by atoms with van der Waals surface area (Å²) in [6.45, 7) is 5.18. The topological polar surface area (TPSA) is 81.2 Å². The molecule has 0 amide bonds. The van der Waals surface area contributed by atoms with E-state index >= 15 is 0 Å². The van der Waals surface area contributed by atoms with Crippen LogP contribution in [0.2, 0.25) is 0 Å². The normalized spacial score (nSPS) is 14.4. The van der Waals surface area contributed by atoms with E-state index in [1.807, 2.05) is 60.7 Å². The van der Waals surface area contributed by atoms with Crippen molar-refractivity contribution in [2.75, 3.05) is 11.9 Å². The highest BCUT2D eigenvalue weighted by molar-refractivity contribution is 6.16. The van der Waals surface area contributed by atoms with E-state index in [1.165, 1.54) is 0 Å². The number of rotatable bonds is 7. The van der Waals surface area contributed by atoms with E-state index in [2.05, 4.69) is 31.3 Å². The molecule has 2 aliphatic rings. The number of ether oxygens (including phenoxy) is 2. The quantitative estimate of drug-likeness (QED) is 0.300. The van der Waals surface area contributed by atoms with Gasteiger partial charge in [0, 0.05) is 29.4 Å². The molecule has 6 nitrogen and oxygen atoms in total. The summed E-state index contributed by atoms with van der Waals surface area (Å²) < 4.78 is 12.5. The van der Waals surface area contributed by atoms with Gasteiger partial charge in [0.25, 0.3) is 0 Å². The van der Waals surface area contributed by atoms with Crippen LogP contribution in [0, 0.1) is 0 Å². The Morgan fingerprint density at radius 2 is 1.25 bits per heavy atom. The molecule has 4 aromatic rings. The maximum atomic E-state index is 6.26. The van der Waals surface area contributed by atoms with Crippen LogP contribution in [0.25, 0.3) is 10.8 Å². The molecule has 4 aromatic carbocycles. The Kier molecular flexibility index (Phi) is 5.66. The van der Waals surface area contributed by atoms with Gasteiger partial charge in [0.05, 0.1) is 22.1 Å². The molecule has 2 heterocycles. The molecule has 0 aromatic heterocycles. The Bertz CT molecular complexity index is 1510. The molecule has 3 N–H and O–H groups in total. The number of anilines is 1. The minimum absolute atomic E-state index is 0.0335. The lowest BCUT2D eigenvalue weighted by atomic mass is 10.0. The first-order valence-corrected chi connectivity index (χ1v) is 12.5. The standard InChI is InChI=1S/C30H28N4O2/c1-3-17-32-21-11-9-20(10-12-21)30-34-24-14-15-25-27-23(13-16-26(36-30)28(24)27)33-29(35-25)19-7-5-18(6-8-19)22(31)4-2/h5-16,22,32H,3-4,17,31H2,1-2H3. The van der Waals surface area contributed by atoms with Gasteiger partial charge < -0.3 is 20.5 Å². The van der Waals surface area contributed by atoms with Crippen LogP contribution in [0.3, 0.4) is 0 Å². The van der Waals surface area contributed by atoms with Crippen molar-refractivity contribution in [3.8, 4) is 11.5 Å². The highest BCUT2D eigenvalue weighted by Gasteiger charge is 2.26. The second kappa shape index (κ2) is 9.13. The minimum Gasteiger partial charge on any atom is -0.438 e. The molecule has 1 atom stereocenters. The second-order valence-corrected chi connectivity index (χ2v) is 9.09. The first-order valence-electron chi connectivity index (χ1n) is 12.5. The molecule has 6 rings (SSSR count). The minimum atomic E-state index is 0.0335. The molecule has 0 radical (unpaired) electrons. The predicted molar refractivity (Wildman–Crippen MR) is 146 cm³/mol. The van der Waals surface area contributed by atoms with Gasteiger partial charge in [-0.1, -0.05) is 26.0 Å². The summed E-state index contributed by atoms with van der Waals surface area (Å²) >= 11 is 0. The number of aliphatic imine (C=N–C) groups is 2. The van der Waals surface area contributed by atoms with Crippen LogP contribution in [0.1, 0.15) is 49.4 Å². The van der Waals surface area contributed by atoms with Gasteiger partial charge in [-0.15, -0.1) is 0 Å². The summed E-state index contributed by atoms with van der Waals surface area (Å²) in [6, 6.07) is 24.2. The number of nitrogens with one attached hydrogen (secondary N) is 1. The van der Waals surface area contributed by atoms with Crippen LogP contribution in [0.15, 0.2) is 82.8 Å². The third-order valence-corrected chi connectivity index (χ3v) is 6.63. The highest BCUT2D eigenvalue weighted by atomic mass is 16.5. The number of nitrogens with two attached hydrogens (primary N) is 1. The van der Waals surface area contributed by atoms with E-state index in [1.54, 1.807) is 0 Å². The predicted octanol–water partition coefficient (Wildman–Crippen LogP) is 7.01. The van der Waals surface area contributed by atoms with E-state index in [0.29, 0.717) is 11.8 Å². The maximum absolute atomic E-state index is 6.26. The summed E-state index contributed by atoms with van der Waals surface area (Å²) in [6.07, 6.45) is 1.97. The molecule has 0 spiro atoms. The molecular formula is C30H28N4O2. The van der Waals surface area contributed by atoms with Gasteiger partial charge in [0.1, 0.15) is 11.5 Å². The molecule has 2 aliphatic heterocycles. The van der Waals surface area contributed by atoms with Gasteiger partial charge in [-0.3, -0.25) is 0 Å². The van der Waals surface area contributed by atoms with Crippen molar-refractivity contribution < 1.29 is 9.47 Å². The van der Waals surface area contributed by atoms with Crippen molar-refractivity contribution in [2.24, 2.45) is 15.7 Å². The molecule has 0 saturated carbocycles. The molecule has 36 heavy (non-hydrogen) atoms. The largest absolute Gasteiger partial charge is 0.438 e. The fourth-order valence-electron chi connectivity index (χ4n) is 4.58. The molecular weight excluding hydrogens is 448 g/mol. The summed E-state index contributed by atoms with van der Waals surface area (Å²) in [7, 11) is 0. The van der Waals surface area contributed by atoms with E-state index in [9.17, 15) is 0 Å². The lowest BCUT2D eigenvalue weighted by Crippen LogP contribution is -2.16. The van der Waals surface area contributed by atoms with E-state index in [4.69, 9.17) is 25.2 Å². The van der Waals surface area contributed by atoms with E-state index in [-0.39, 0.29) is 6.04 Å². The molecule has 0 aliphatic carbocycles. The van der Waals surface area contributed by atoms with Crippen molar-refractivity contribution >= 4 is 39.6 Å². The molecule has 0 saturated heterocycles. The van der Waals surface area contributed by atoms with Gasteiger partial charge in [-0.25, -0.2) is 9.98 Å². The van der Waals surface area contributed by atoms with Crippen molar-refractivity contribution in [3.05, 3.63) is 89.5 Å². The Morgan fingerprint density at radius 1 is 0.722 bits per heavy atom. The van der Waals surface area contributed by atoms with Crippen LogP contribution in [0.5, 0.6) is 11.5 Å². The summed E-state index contributed by atoms with van der Waals surface area (Å²) in [4.78, 5) is 9.67. The fourth-order valence-corrected chi connectivity index (χ4v) is 4.58. The Hall–Kier alpha value is -4.16. The number of benzene rings is 4. The van der Waals surface area contributed by atoms with Crippen LogP contribution >= 0.6 is 0 Å². The number of hydrogen-bond acceptors (Lipinski definition) is 6. The fraction of sp³-hybridized carbons (Fsp3) is 0.200. The average Bonchev–Trinajstić information content (AvgIpc) is 2.94. The zero-order valence-corrected chi connectivity index (χ0v) is 20.4. The lowest BCUT2D eigenvalue weighted by Gasteiger charge is -2.23. The highest BCUT2D eigenvalue weighted by Crippen LogP contribution is 2.48. The molecule has 0 bridgehead atoms. The van der Waals surface area contributed by atoms with Gasteiger partial charge >= 0.3 is 0 Å². The second-order valence-electron chi connectivity index (χ2n) is 9.09. The first kappa shape index (κ1) is 22.3. The van der Waals surface area contributed by atoms with Crippen LogP contribution in [0.4, 0.5) is 17.1 Å². The average molecular weight is 477 g/mol.